The molecule has 1 N–H and O–H groups in total. The molecule has 35 heavy (non-hydrogen) atoms. The Hall–Kier alpha value is -1.90. The van der Waals surface area contributed by atoms with Crippen molar-refractivity contribution in [3.05, 3.63) is 60.7 Å². The largest absolute Gasteiger partial charge is 0.414 e. The van der Waals surface area contributed by atoms with Gasteiger partial charge in [-0.2, -0.15) is 0 Å². The second-order valence-electron chi connectivity index (χ2n) is 10.7. The third-order valence-corrected chi connectivity index (χ3v) is 12.6. The molecule has 0 aliphatic carbocycles. The van der Waals surface area contributed by atoms with Gasteiger partial charge < -0.3 is 18.9 Å². The van der Waals surface area contributed by atoms with Gasteiger partial charge in [0.2, 0.25) is 0 Å². The molecule has 0 bridgehead atoms. The maximum absolute atomic E-state index is 6.74. The Labute approximate surface area is 215 Å². The number of imidazole rings is 1. The van der Waals surface area contributed by atoms with Crippen molar-refractivity contribution in [1.82, 2.24) is 9.97 Å². The fourth-order valence-corrected chi connectivity index (χ4v) is 6.36. The molecule has 0 radical (unpaired) electrons. The Kier molecular flexibility index (Phi) is 8.23. The normalized spacial score (nSPS) is 21.3. The van der Waals surface area contributed by atoms with Gasteiger partial charge in [0.05, 0.1) is 23.6 Å². The molecule has 2 heterocycles. The highest BCUT2D eigenvalue weighted by Gasteiger charge is 2.41. The van der Waals surface area contributed by atoms with Gasteiger partial charge in [-0.1, -0.05) is 93.2 Å². The molecule has 0 saturated carbocycles. The van der Waals surface area contributed by atoms with Crippen LogP contribution in [0.1, 0.15) is 33.6 Å². The number of thioether (sulfide) groups is 1. The lowest BCUT2D eigenvalue weighted by Gasteiger charge is -2.43. The fourth-order valence-electron chi connectivity index (χ4n) is 4.09. The van der Waals surface area contributed by atoms with Gasteiger partial charge in [0.15, 0.2) is 19.8 Å². The van der Waals surface area contributed by atoms with Crippen LogP contribution in [0.25, 0.3) is 22.5 Å². The van der Waals surface area contributed by atoms with Crippen LogP contribution in [0.5, 0.6) is 0 Å². The van der Waals surface area contributed by atoms with Crippen molar-refractivity contribution in [3.63, 3.8) is 0 Å². The average Bonchev–Trinajstić information content (AvgIpc) is 3.27. The number of methoxy groups -OCH3 is 1. The standard InChI is InChI=1S/C28H38N2O3SSi/c1-28(2,3)35(5,6)33-22-17-23(32-24(18-22)31-4)19-34-27-29-25(20-13-9-7-10-14-20)26(30-27)21-15-11-8-12-16-21/h7-16,22-24H,17-19H2,1-6H3,(H,29,30)/t22-,23+,24-/m1/s1. The summed E-state index contributed by atoms with van der Waals surface area (Å²) in [6.07, 6.45) is 1.61. The van der Waals surface area contributed by atoms with E-state index in [2.05, 4.69) is 87.4 Å². The summed E-state index contributed by atoms with van der Waals surface area (Å²) < 4.78 is 18.6. The molecule has 0 unspecified atom stereocenters. The van der Waals surface area contributed by atoms with Crippen molar-refractivity contribution >= 4 is 20.1 Å². The van der Waals surface area contributed by atoms with Crippen LogP contribution in [-0.4, -0.2) is 49.6 Å². The van der Waals surface area contributed by atoms with Crippen molar-refractivity contribution in [2.75, 3.05) is 12.9 Å². The molecule has 7 heteroatoms. The van der Waals surface area contributed by atoms with E-state index < -0.39 is 8.32 Å². The number of aromatic nitrogens is 2. The molecule has 3 atom stereocenters. The van der Waals surface area contributed by atoms with Crippen LogP contribution in [0.3, 0.4) is 0 Å². The second kappa shape index (κ2) is 11.0. The van der Waals surface area contributed by atoms with Gasteiger partial charge in [-0.3, -0.25) is 0 Å². The van der Waals surface area contributed by atoms with Crippen LogP contribution in [0.4, 0.5) is 0 Å². The van der Waals surface area contributed by atoms with Gasteiger partial charge in [-0.25, -0.2) is 4.98 Å². The molecule has 0 spiro atoms. The van der Waals surface area contributed by atoms with E-state index in [1.807, 2.05) is 12.1 Å². The molecule has 1 fully saturated rings. The van der Waals surface area contributed by atoms with Gasteiger partial charge in [0, 0.05) is 30.4 Å². The number of hydrogen-bond acceptors (Lipinski definition) is 5. The fraction of sp³-hybridized carbons (Fsp3) is 0.464. The molecule has 1 aliphatic heterocycles. The quantitative estimate of drug-likeness (QED) is 0.253. The number of aromatic amines is 1. The summed E-state index contributed by atoms with van der Waals surface area (Å²) in [5.41, 5.74) is 4.24. The van der Waals surface area contributed by atoms with Gasteiger partial charge in [-0.05, 0) is 24.6 Å². The summed E-state index contributed by atoms with van der Waals surface area (Å²) in [5.74, 6) is 0.785. The molecular formula is C28H38N2O3SSi. The molecule has 5 nitrogen and oxygen atoms in total. The van der Waals surface area contributed by atoms with Crippen LogP contribution in [0, 0.1) is 0 Å². The monoisotopic (exact) mass is 510 g/mol. The van der Waals surface area contributed by atoms with Crippen LogP contribution in [-0.2, 0) is 13.9 Å². The lowest BCUT2D eigenvalue weighted by Crippen LogP contribution is -2.48. The van der Waals surface area contributed by atoms with E-state index in [0.29, 0.717) is 0 Å². The summed E-state index contributed by atoms with van der Waals surface area (Å²) in [6, 6.07) is 20.7. The molecule has 4 rings (SSSR count). The minimum atomic E-state index is -1.87. The van der Waals surface area contributed by atoms with E-state index in [-0.39, 0.29) is 23.5 Å². The van der Waals surface area contributed by atoms with Crippen molar-refractivity contribution in [2.24, 2.45) is 0 Å². The predicted molar refractivity (Wildman–Crippen MR) is 147 cm³/mol. The topological polar surface area (TPSA) is 56.4 Å². The van der Waals surface area contributed by atoms with Crippen molar-refractivity contribution in [1.29, 1.82) is 0 Å². The SMILES string of the molecule is CO[C@H]1C[C@H](O[Si](C)(C)C(C)(C)C)C[C@@H](CSc2nc(-c3ccccc3)c(-c3ccccc3)[nH]2)O1. The van der Waals surface area contributed by atoms with Crippen LogP contribution >= 0.6 is 11.8 Å². The Balaban J connectivity index is 1.50. The lowest BCUT2D eigenvalue weighted by molar-refractivity contribution is -0.195. The first kappa shape index (κ1) is 26.2. The van der Waals surface area contributed by atoms with Gasteiger partial charge in [-0.15, -0.1) is 0 Å². The van der Waals surface area contributed by atoms with E-state index in [9.17, 15) is 0 Å². The first-order valence-corrected chi connectivity index (χ1v) is 16.3. The maximum Gasteiger partial charge on any atom is 0.192 e. The van der Waals surface area contributed by atoms with E-state index in [0.717, 1.165) is 46.3 Å². The van der Waals surface area contributed by atoms with Gasteiger partial charge in [0.25, 0.3) is 0 Å². The smallest absolute Gasteiger partial charge is 0.192 e. The number of nitrogens with one attached hydrogen (secondary N) is 1. The van der Waals surface area contributed by atoms with E-state index in [1.54, 1.807) is 18.9 Å². The highest BCUT2D eigenvalue weighted by Crippen LogP contribution is 2.40. The first-order valence-electron chi connectivity index (χ1n) is 12.4. The van der Waals surface area contributed by atoms with Crippen molar-refractivity contribution < 1.29 is 13.9 Å². The highest BCUT2D eigenvalue weighted by atomic mass is 32.2. The molecular weight excluding hydrogens is 472 g/mol. The Bertz CT molecular complexity index is 1030. The first-order chi connectivity index (χ1) is 16.7. The van der Waals surface area contributed by atoms with E-state index in [1.165, 1.54) is 0 Å². The van der Waals surface area contributed by atoms with Gasteiger partial charge in [0.1, 0.15) is 0 Å². The Morgan fingerprint density at radius 3 is 2.23 bits per heavy atom. The van der Waals surface area contributed by atoms with Crippen LogP contribution in [0.15, 0.2) is 65.8 Å². The summed E-state index contributed by atoms with van der Waals surface area (Å²) in [6.45, 7) is 11.5. The molecule has 1 aliphatic rings. The molecule has 3 aromatic rings. The molecule has 1 aromatic heterocycles. The number of benzene rings is 2. The van der Waals surface area contributed by atoms with Gasteiger partial charge >= 0.3 is 0 Å². The lowest BCUT2D eigenvalue weighted by atomic mass is 10.1. The summed E-state index contributed by atoms with van der Waals surface area (Å²) in [5, 5.41) is 1.07. The van der Waals surface area contributed by atoms with E-state index in [4.69, 9.17) is 18.9 Å². The zero-order chi connectivity index (χ0) is 25.1. The minimum Gasteiger partial charge on any atom is -0.414 e. The summed E-state index contributed by atoms with van der Waals surface area (Å²) in [4.78, 5) is 8.56. The molecule has 0 amide bonds. The van der Waals surface area contributed by atoms with Crippen LogP contribution < -0.4 is 0 Å². The summed E-state index contributed by atoms with van der Waals surface area (Å²) >= 11 is 1.70. The highest BCUT2D eigenvalue weighted by molar-refractivity contribution is 7.99. The average molecular weight is 511 g/mol. The van der Waals surface area contributed by atoms with E-state index >= 15 is 0 Å². The van der Waals surface area contributed by atoms with Crippen molar-refractivity contribution in [2.45, 2.75) is 75.4 Å². The molecule has 188 valence electrons. The second-order valence-corrected chi connectivity index (χ2v) is 16.5. The van der Waals surface area contributed by atoms with Crippen LogP contribution in [0.2, 0.25) is 18.1 Å². The minimum absolute atomic E-state index is 0.0407. The number of rotatable bonds is 8. The third-order valence-electron chi connectivity index (χ3n) is 7.05. The number of hydrogen-bond donors (Lipinski definition) is 1. The number of nitrogens with zero attached hydrogens (tertiary/aromatic N) is 1. The summed E-state index contributed by atoms with van der Waals surface area (Å²) in [7, 11) is -0.150. The zero-order valence-electron chi connectivity index (χ0n) is 21.7. The predicted octanol–water partition coefficient (Wildman–Crippen LogP) is 7.38. The number of H-pyrrole nitrogens is 1. The maximum atomic E-state index is 6.74. The molecule has 1 saturated heterocycles. The molecule has 2 aromatic carbocycles. The third kappa shape index (κ3) is 6.46. The Morgan fingerprint density at radius 2 is 1.63 bits per heavy atom. The zero-order valence-corrected chi connectivity index (χ0v) is 23.5. The van der Waals surface area contributed by atoms with Crippen molar-refractivity contribution in [3.8, 4) is 22.5 Å². The number of ether oxygens (including phenoxy) is 2. The Morgan fingerprint density at radius 1 is 1.00 bits per heavy atom.